The third kappa shape index (κ3) is 3.21. The molecule has 124 valence electrons. The number of hydrogen-bond acceptors (Lipinski definition) is 4. The van der Waals surface area contributed by atoms with Gasteiger partial charge in [0.05, 0.1) is 12.7 Å². The Hall–Kier alpha value is -2.17. The number of nitrogens with zero attached hydrogens (tertiary/aromatic N) is 1. The van der Waals surface area contributed by atoms with E-state index in [1.54, 1.807) is 0 Å². The summed E-state index contributed by atoms with van der Waals surface area (Å²) in [6, 6.07) is 16.2. The molecule has 2 N–H and O–H groups in total. The van der Waals surface area contributed by atoms with E-state index in [9.17, 15) is 0 Å². The SMILES string of the molecule is N[C@H]1CCCC[C@H]1OCc1ccc(-c2nc3ccccc3o2)cc1. The maximum absolute atomic E-state index is 6.13. The first kappa shape index (κ1) is 15.4. The van der Waals surface area contributed by atoms with Crippen molar-refractivity contribution in [3.8, 4) is 11.5 Å². The molecular formula is C20H22N2O2. The molecule has 0 amide bonds. The zero-order valence-corrected chi connectivity index (χ0v) is 13.7. The summed E-state index contributed by atoms with van der Waals surface area (Å²) in [4.78, 5) is 4.53. The molecule has 0 bridgehead atoms. The van der Waals surface area contributed by atoms with Gasteiger partial charge in [-0.05, 0) is 42.7 Å². The van der Waals surface area contributed by atoms with Gasteiger partial charge in [0.15, 0.2) is 5.58 Å². The van der Waals surface area contributed by atoms with E-state index in [4.69, 9.17) is 14.9 Å². The molecule has 1 fully saturated rings. The van der Waals surface area contributed by atoms with Crippen LogP contribution in [0.15, 0.2) is 52.9 Å². The number of rotatable bonds is 4. The minimum absolute atomic E-state index is 0.178. The van der Waals surface area contributed by atoms with E-state index >= 15 is 0 Å². The first-order chi connectivity index (χ1) is 11.8. The average molecular weight is 322 g/mol. The van der Waals surface area contributed by atoms with Gasteiger partial charge in [0, 0.05) is 11.6 Å². The molecule has 4 nitrogen and oxygen atoms in total. The normalized spacial score (nSPS) is 21.2. The van der Waals surface area contributed by atoms with Crippen molar-refractivity contribution < 1.29 is 9.15 Å². The molecule has 4 heteroatoms. The number of para-hydroxylation sites is 2. The van der Waals surface area contributed by atoms with Crippen LogP contribution in [0.25, 0.3) is 22.6 Å². The molecular weight excluding hydrogens is 300 g/mol. The summed E-state index contributed by atoms with van der Waals surface area (Å²) in [6.07, 6.45) is 4.77. The molecule has 24 heavy (non-hydrogen) atoms. The van der Waals surface area contributed by atoms with Gasteiger partial charge in [-0.15, -0.1) is 0 Å². The molecule has 0 radical (unpaired) electrons. The maximum atomic E-state index is 6.13. The fourth-order valence-corrected chi connectivity index (χ4v) is 3.27. The van der Waals surface area contributed by atoms with E-state index in [0.717, 1.165) is 35.1 Å². The Morgan fingerprint density at radius 3 is 2.62 bits per heavy atom. The molecule has 1 aromatic heterocycles. The number of hydrogen-bond donors (Lipinski definition) is 1. The summed E-state index contributed by atoms with van der Waals surface area (Å²) in [7, 11) is 0. The molecule has 3 aromatic rings. The van der Waals surface area contributed by atoms with Crippen LogP contribution in [0.4, 0.5) is 0 Å². The van der Waals surface area contributed by atoms with Crippen LogP contribution < -0.4 is 5.73 Å². The van der Waals surface area contributed by atoms with Gasteiger partial charge in [0.25, 0.3) is 0 Å². The summed E-state index contributed by atoms with van der Waals surface area (Å²) >= 11 is 0. The summed E-state index contributed by atoms with van der Waals surface area (Å²) < 4.78 is 11.8. The van der Waals surface area contributed by atoms with Crippen molar-refractivity contribution in [2.24, 2.45) is 5.73 Å². The lowest BCUT2D eigenvalue weighted by Crippen LogP contribution is -2.39. The van der Waals surface area contributed by atoms with E-state index in [2.05, 4.69) is 17.1 Å². The van der Waals surface area contributed by atoms with Crippen molar-refractivity contribution >= 4 is 11.1 Å². The topological polar surface area (TPSA) is 61.3 Å². The van der Waals surface area contributed by atoms with Crippen LogP contribution in [-0.2, 0) is 11.3 Å². The van der Waals surface area contributed by atoms with E-state index in [0.29, 0.717) is 12.5 Å². The maximum Gasteiger partial charge on any atom is 0.227 e. The highest BCUT2D eigenvalue weighted by atomic mass is 16.5. The Kier molecular flexibility index (Phi) is 4.32. The van der Waals surface area contributed by atoms with Crippen LogP contribution in [-0.4, -0.2) is 17.1 Å². The zero-order valence-electron chi connectivity index (χ0n) is 13.7. The van der Waals surface area contributed by atoms with Crippen molar-refractivity contribution in [3.05, 3.63) is 54.1 Å². The summed E-state index contributed by atoms with van der Waals surface area (Å²) in [5, 5.41) is 0. The van der Waals surface area contributed by atoms with Gasteiger partial charge in [0.1, 0.15) is 5.52 Å². The first-order valence-corrected chi connectivity index (χ1v) is 8.62. The molecule has 0 aliphatic heterocycles. The van der Waals surface area contributed by atoms with Crippen LogP contribution >= 0.6 is 0 Å². The highest BCUT2D eigenvalue weighted by molar-refractivity contribution is 5.75. The van der Waals surface area contributed by atoms with Crippen molar-refractivity contribution in [2.45, 2.75) is 44.4 Å². The Morgan fingerprint density at radius 1 is 1.04 bits per heavy atom. The van der Waals surface area contributed by atoms with Crippen molar-refractivity contribution in [1.29, 1.82) is 0 Å². The summed E-state index contributed by atoms with van der Waals surface area (Å²) in [5.41, 5.74) is 9.95. The Balaban J connectivity index is 1.44. The third-order valence-corrected chi connectivity index (χ3v) is 4.71. The van der Waals surface area contributed by atoms with Crippen LogP contribution in [0.2, 0.25) is 0 Å². The highest BCUT2D eigenvalue weighted by Crippen LogP contribution is 2.25. The fourth-order valence-electron chi connectivity index (χ4n) is 3.27. The van der Waals surface area contributed by atoms with E-state index in [1.165, 1.54) is 12.8 Å². The van der Waals surface area contributed by atoms with Crippen LogP contribution in [0.3, 0.4) is 0 Å². The molecule has 2 aromatic carbocycles. The number of aromatic nitrogens is 1. The first-order valence-electron chi connectivity index (χ1n) is 8.62. The van der Waals surface area contributed by atoms with Crippen LogP contribution in [0.5, 0.6) is 0 Å². The minimum Gasteiger partial charge on any atom is -0.436 e. The van der Waals surface area contributed by atoms with Crippen molar-refractivity contribution in [3.63, 3.8) is 0 Å². The average Bonchev–Trinajstić information content (AvgIpc) is 3.06. The second-order valence-electron chi connectivity index (χ2n) is 6.48. The van der Waals surface area contributed by atoms with Gasteiger partial charge in [0.2, 0.25) is 5.89 Å². The van der Waals surface area contributed by atoms with Gasteiger partial charge in [-0.25, -0.2) is 4.98 Å². The van der Waals surface area contributed by atoms with Crippen molar-refractivity contribution in [2.75, 3.05) is 0 Å². The number of oxazole rings is 1. The van der Waals surface area contributed by atoms with Crippen LogP contribution in [0, 0.1) is 0 Å². The smallest absolute Gasteiger partial charge is 0.227 e. The molecule has 1 heterocycles. The number of ether oxygens (including phenoxy) is 1. The second kappa shape index (κ2) is 6.75. The molecule has 1 aliphatic carbocycles. The lowest BCUT2D eigenvalue weighted by molar-refractivity contribution is 0.00405. The van der Waals surface area contributed by atoms with Crippen LogP contribution in [0.1, 0.15) is 31.2 Å². The van der Waals surface area contributed by atoms with E-state index in [-0.39, 0.29) is 12.1 Å². The van der Waals surface area contributed by atoms with Crippen molar-refractivity contribution in [1.82, 2.24) is 4.98 Å². The molecule has 0 spiro atoms. The van der Waals surface area contributed by atoms with Gasteiger partial charge >= 0.3 is 0 Å². The summed E-state index contributed by atoms with van der Waals surface area (Å²) in [5.74, 6) is 0.651. The lowest BCUT2D eigenvalue weighted by Gasteiger charge is -2.28. The Labute approximate surface area is 141 Å². The van der Waals surface area contributed by atoms with Gasteiger partial charge in [-0.1, -0.05) is 37.1 Å². The monoisotopic (exact) mass is 322 g/mol. The standard InChI is InChI=1S/C20H22N2O2/c21-16-5-1-3-7-18(16)23-13-14-9-11-15(12-10-14)20-22-17-6-2-4-8-19(17)24-20/h2,4,6,8-12,16,18H,1,3,5,7,13,21H2/t16-,18+/m0/s1. The quantitative estimate of drug-likeness (QED) is 0.778. The highest BCUT2D eigenvalue weighted by Gasteiger charge is 2.22. The Bertz CT molecular complexity index is 777. The predicted octanol–water partition coefficient (Wildman–Crippen LogP) is 4.28. The third-order valence-electron chi connectivity index (χ3n) is 4.71. The lowest BCUT2D eigenvalue weighted by atomic mass is 9.93. The molecule has 0 unspecified atom stereocenters. The molecule has 1 saturated carbocycles. The van der Waals surface area contributed by atoms with Gasteiger partial charge < -0.3 is 14.9 Å². The Morgan fingerprint density at radius 2 is 1.83 bits per heavy atom. The summed E-state index contributed by atoms with van der Waals surface area (Å²) in [6.45, 7) is 0.603. The number of nitrogens with two attached hydrogens (primary N) is 1. The predicted molar refractivity (Wildman–Crippen MR) is 94.5 cm³/mol. The number of fused-ring (bicyclic) bond motifs is 1. The van der Waals surface area contributed by atoms with E-state index in [1.807, 2.05) is 36.4 Å². The van der Waals surface area contributed by atoms with Gasteiger partial charge in [-0.3, -0.25) is 0 Å². The van der Waals surface area contributed by atoms with Gasteiger partial charge in [-0.2, -0.15) is 0 Å². The molecule has 0 saturated heterocycles. The largest absolute Gasteiger partial charge is 0.436 e. The zero-order chi connectivity index (χ0) is 16.4. The molecule has 2 atom stereocenters. The number of benzene rings is 2. The fraction of sp³-hybridized carbons (Fsp3) is 0.350. The second-order valence-corrected chi connectivity index (χ2v) is 6.48. The molecule has 1 aliphatic rings. The molecule has 4 rings (SSSR count). The minimum atomic E-state index is 0.178. The van der Waals surface area contributed by atoms with E-state index < -0.39 is 0 Å².